The number of carbonyl (C=O) groups is 2. The van der Waals surface area contributed by atoms with Crippen LogP contribution >= 0.6 is 11.3 Å². The highest BCUT2D eigenvalue weighted by molar-refractivity contribution is 7.14. The van der Waals surface area contributed by atoms with Gasteiger partial charge in [-0.2, -0.15) is 0 Å². The van der Waals surface area contributed by atoms with Crippen LogP contribution in [-0.4, -0.2) is 29.6 Å². The molecule has 1 heterocycles. The molecule has 0 aliphatic heterocycles. The first-order chi connectivity index (χ1) is 9.58. The molecule has 0 saturated heterocycles. The lowest BCUT2D eigenvalue weighted by Gasteiger charge is -2.07. The van der Waals surface area contributed by atoms with Crippen molar-refractivity contribution in [1.29, 1.82) is 0 Å². The fourth-order valence-corrected chi connectivity index (χ4v) is 3.50. The molecule has 1 aliphatic carbocycles. The maximum absolute atomic E-state index is 12.0. The van der Waals surface area contributed by atoms with Gasteiger partial charge in [-0.3, -0.25) is 9.59 Å². The Balaban J connectivity index is 1.99. The van der Waals surface area contributed by atoms with E-state index in [1.807, 2.05) is 6.07 Å². The first-order valence-corrected chi connectivity index (χ1v) is 7.76. The van der Waals surface area contributed by atoms with E-state index in [0.717, 1.165) is 12.8 Å². The number of hydrogen-bond donors (Lipinski definition) is 3. The Morgan fingerprint density at radius 2 is 2.00 bits per heavy atom. The van der Waals surface area contributed by atoms with Crippen LogP contribution in [0, 0.1) is 0 Å². The number of amides is 2. The number of hydrogen-bond acceptors (Lipinski definition) is 4. The molecule has 0 radical (unpaired) electrons. The van der Waals surface area contributed by atoms with Crippen molar-refractivity contribution in [2.75, 3.05) is 6.54 Å². The fraction of sp³-hybridized carbons (Fsp3) is 0.571. The molecule has 0 spiro atoms. The van der Waals surface area contributed by atoms with Crippen LogP contribution in [0.5, 0.6) is 0 Å². The van der Waals surface area contributed by atoms with Crippen LogP contribution in [0.15, 0.2) is 6.07 Å². The summed E-state index contributed by atoms with van der Waals surface area (Å²) in [5, 5.41) is 11.8. The van der Waals surface area contributed by atoms with Gasteiger partial charge in [0, 0.05) is 4.88 Å². The molecule has 2 rings (SSSR count). The molecular weight excluding hydrogens is 276 g/mol. The SMILES string of the molecule is NC(=O)C(O)CNC(=O)c1cc2c(s1)CCCCCC2. The van der Waals surface area contributed by atoms with Crippen molar-refractivity contribution >= 4 is 23.2 Å². The molecular formula is C14H20N2O3S. The quantitative estimate of drug-likeness (QED) is 0.773. The van der Waals surface area contributed by atoms with Crippen molar-refractivity contribution < 1.29 is 14.7 Å². The molecule has 0 aromatic carbocycles. The van der Waals surface area contributed by atoms with E-state index >= 15 is 0 Å². The molecule has 6 heteroatoms. The summed E-state index contributed by atoms with van der Waals surface area (Å²) in [7, 11) is 0. The predicted octanol–water partition coefficient (Wildman–Crippen LogP) is 0.983. The minimum atomic E-state index is -1.33. The van der Waals surface area contributed by atoms with E-state index < -0.39 is 12.0 Å². The third-order valence-corrected chi connectivity index (χ3v) is 4.74. The van der Waals surface area contributed by atoms with E-state index in [1.165, 1.54) is 47.5 Å². The molecule has 1 aromatic heterocycles. The highest BCUT2D eigenvalue weighted by Gasteiger charge is 2.17. The summed E-state index contributed by atoms with van der Waals surface area (Å²) < 4.78 is 0. The molecule has 20 heavy (non-hydrogen) atoms. The number of nitrogens with one attached hydrogen (secondary N) is 1. The van der Waals surface area contributed by atoms with Crippen LogP contribution in [0.4, 0.5) is 0 Å². The fourth-order valence-electron chi connectivity index (χ4n) is 2.33. The van der Waals surface area contributed by atoms with Gasteiger partial charge in [-0.15, -0.1) is 11.3 Å². The van der Waals surface area contributed by atoms with Crippen molar-refractivity contribution in [2.24, 2.45) is 5.73 Å². The molecule has 110 valence electrons. The van der Waals surface area contributed by atoms with Crippen LogP contribution in [0.2, 0.25) is 0 Å². The first-order valence-electron chi connectivity index (χ1n) is 6.95. The Morgan fingerprint density at radius 3 is 2.70 bits per heavy atom. The van der Waals surface area contributed by atoms with E-state index in [0.29, 0.717) is 4.88 Å². The lowest BCUT2D eigenvalue weighted by atomic mass is 10.00. The van der Waals surface area contributed by atoms with E-state index in [2.05, 4.69) is 5.32 Å². The number of rotatable bonds is 4. The summed E-state index contributed by atoms with van der Waals surface area (Å²) in [5.41, 5.74) is 6.21. The van der Waals surface area contributed by atoms with Gasteiger partial charge >= 0.3 is 0 Å². The lowest BCUT2D eigenvalue weighted by Crippen LogP contribution is -2.39. The Kier molecular flexibility index (Phi) is 5.14. The molecule has 5 nitrogen and oxygen atoms in total. The number of primary amides is 1. The summed E-state index contributed by atoms with van der Waals surface area (Å²) in [4.78, 5) is 24.6. The number of aliphatic hydroxyl groups is 1. The van der Waals surface area contributed by atoms with Gasteiger partial charge in [-0.25, -0.2) is 0 Å². The Hall–Kier alpha value is -1.40. The second-order valence-corrected chi connectivity index (χ2v) is 6.24. The average Bonchev–Trinajstić information content (AvgIpc) is 2.78. The number of aliphatic hydroxyl groups excluding tert-OH is 1. The Labute approximate surface area is 122 Å². The van der Waals surface area contributed by atoms with E-state index in [1.54, 1.807) is 0 Å². The van der Waals surface area contributed by atoms with Gasteiger partial charge in [0.1, 0.15) is 6.10 Å². The highest BCUT2D eigenvalue weighted by atomic mass is 32.1. The predicted molar refractivity (Wildman–Crippen MR) is 77.7 cm³/mol. The van der Waals surface area contributed by atoms with Crippen LogP contribution < -0.4 is 11.1 Å². The smallest absolute Gasteiger partial charge is 0.261 e. The van der Waals surface area contributed by atoms with E-state index in [4.69, 9.17) is 5.73 Å². The third-order valence-electron chi connectivity index (χ3n) is 3.50. The largest absolute Gasteiger partial charge is 0.381 e. The summed E-state index contributed by atoms with van der Waals surface area (Å²) in [5.74, 6) is -1.08. The Morgan fingerprint density at radius 1 is 1.30 bits per heavy atom. The van der Waals surface area contributed by atoms with Gasteiger partial charge < -0.3 is 16.2 Å². The van der Waals surface area contributed by atoms with Gasteiger partial charge in [0.25, 0.3) is 5.91 Å². The minimum Gasteiger partial charge on any atom is -0.381 e. The van der Waals surface area contributed by atoms with E-state index in [9.17, 15) is 14.7 Å². The summed E-state index contributed by atoms with van der Waals surface area (Å²) in [6, 6.07) is 1.94. The average molecular weight is 296 g/mol. The van der Waals surface area contributed by atoms with Crippen LogP contribution in [0.1, 0.15) is 45.8 Å². The van der Waals surface area contributed by atoms with Crippen LogP contribution in [-0.2, 0) is 17.6 Å². The van der Waals surface area contributed by atoms with Crippen molar-refractivity contribution in [3.8, 4) is 0 Å². The zero-order chi connectivity index (χ0) is 14.5. The van der Waals surface area contributed by atoms with E-state index in [-0.39, 0.29) is 12.5 Å². The molecule has 4 N–H and O–H groups in total. The number of nitrogens with two attached hydrogens (primary N) is 1. The van der Waals surface area contributed by atoms with Crippen LogP contribution in [0.3, 0.4) is 0 Å². The van der Waals surface area contributed by atoms with Crippen molar-refractivity contribution in [2.45, 2.75) is 44.6 Å². The summed E-state index contributed by atoms with van der Waals surface area (Å²) in [6.45, 7) is -0.142. The molecule has 2 amide bonds. The van der Waals surface area contributed by atoms with Crippen molar-refractivity contribution in [3.05, 3.63) is 21.4 Å². The van der Waals surface area contributed by atoms with Gasteiger partial charge in [0.05, 0.1) is 11.4 Å². The lowest BCUT2D eigenvalue weighted by molar-refractivity contribution is -0.125. The first kappa shape index (κ1) is 15.0. The van der Waals surface area contributed by atoms with Gasteiger partial charge in [-0.05, 0) is 37.3 Å². The van der Waals surface area contributed by atoms with Gasteiger partial charge in [0.15, 0.2) is 0 Å². The van der Waals surface area contributed by atoms with Gasteiger partial charge in [-0.1, -0.05) is 12.8 Å². The molecule has 0 fully saturated rings. The number of fused-ring (bicyclic) bond motifs is 1. The zero-order valence-electron chi connectivity index (χ0n) is 11.4. The zero-order valence-corrected chi connectivity index (χ0v) is 12.2. The molecule has 0 saturated carbocycles. The minimum absolute atomic E-state index is 0.142. The highest BCUT2D eigenvalue weighted by Crippen LogP contribution is 2.28. The molecule has 1 atom stereocenters. The summed E-state index contributed by atoms with van der Waals surface area (Å²) in [6.07, 6.45) is 5.59. The monoisotopic (exact) mass is 296 g/mol. The number of thiophene rings is 1. The molecule has 1 aliphatic rings. The Bertz CT molecular complexity index is 473. The maximum atomic E-state index is 12.0. The van der Waals surface area contributed by atoms with Gasteiger partial charge in [0.2, 0.25) is 5.91 Å². The standard InChI is InChI=1S/C14H20N2O3S/c15-13(18)10(17)8-16-14(19)12-7-9-5-3-1-2-4-6-11(9)20-12/h7,10,17H,1-6,8H2,(H2,15,18)(H,16,19). The molecule has 1 unspecified atom stereocenters. The second kappa shape index (κ2) is 6.85. The number of carbonyl (C=O) groups excluding carboxylic acids is 2. The topological polar surface area (TPSA) is 92.4 Å². The summed E-state index contributed by atoms with van der Waals surface area (Å²) >= 11 is 1.52. The van der Waals surface area contributed by atoms with Crippen molar-refractivity contribution in [1.82, 2.24) is 5.32 Å². The molecule has 0 bridgehead atoms. The molecule has 1 aromatic rings. The second-order valence-electron chi connectivity index (χ2n) is 5.10. The van der Waals surface area contributed by atoms with Crippen molar-refractivity contribution in [3.63, 3.8) is 0 Å². The number of aryl methyl sites for hydroxylation is 2. The third kappa shape index (κ3) is 3.80. The van der Waals surface area contributed by atoms with Crippen LogP contribution in [0.25, 0.3) is 0 Å². The normalized spacial score (nSPS) is 16.6. The maximum Gasteiger partial charge on any atom is 0.261 e.